The Morgan fingerprint density at radius 3 is 2.63 bits per heavy atom. The summed E-state index contributed by atoms with van der Waals surface area (Å²) in [6, 6.07) is 2.84. The van der Waals surface area contributed by atoms with Crippen LogP contribution in [0.4, 0.5) is 8.78 Å². The maximum atomic E-state index is 13.2. The third-order valence-electron chi connectivity index (χ3n) is 3.37. The fourth-order valence-electron chi connectivity index (χ4n) is 2.32. The molecule has 1 saturated heterocycles. The SMILES string of the molecule is CC(NC1CCCCNC1=O)c1cc(F)cc(F)c1. The van der Waals surface area contributed by atoms with Crippen LogP contribution in [-0.2, 0) is 4.79 Å². The highest BCUT2D eigenvalue weighted by Gasteiger charge is 2.22. The predicted octanol–water partition coefficient (Wildman–Crippen LogP) is 2.28. The summed E-state index contributed by atoms with van der Waals surface area (Å²) in [5.41, 5.74) is 0.509. The van der Waals surface area contributed by atoms with Crippen molar-refractivity contribution < 1.29 is 13.6 Å². The van der Waals surface area contributed by atoms with Crippen LogP contribution < -0.4 is 10.6 Å². The van der Waals surface area contributed by atoms with Crippen molar-refractivity contribution in [3.05, 3.63) is 35.4 Å². The van der Waals surface area contributed by atoms with Gasteiger partial charge in [0, 0.05) is 18.7 Å². The molecular formula is C14H18F2N2O. The zero-order valence-electron chi connectivity index (χ0n) is 10.9. The third-order valence-corrected chi connectivity index (χ3v) is 3.37. The van der Waals surface area contributed by atoms with Gasteiger partial charge in [0.2, 0.25) is 5.91 Å². The van der Waals surface area contributed by atoms with Gasteiger partial charge in [-0.25, -0.2) is 8.78 Å². The van der Waals surface area contributed by atoms with Gasteiger partial charge in [-0.2, -0.15) is 0 Å². The second-order valence-corrected chi connectivity index (χ2v) is 4.93. The quantitative estimate of drug-likeness (QED) is 0.883. The number of carbonyl (C=O) groups excluding carboxylic acids is 1. The van der Waals surface area contributed by atoms with E-state index in [-0.39, 0.29) is 18.0 Å². The number of amides is 1. The number of carbonyl (C=O) groups is 1. The van der Waals surface area contributed by atoms with Gasteiger partial charge in [0.05, 0.1) is 6.04 Å². The van der Waals surface area contributed by atoms with E-state index in [1.54, 1.807) is 6.92 Å². The van der Waals surface area contributed by atoms with Crippen LogP contribution in [0.25, 0.3) is 0 Å². The Hall–Kier alpha value is -1.49. The fourth-order valence-corrected chi connectivity index (χ4v) is 2.32. The molecule has 104 valence electrons. The highest BCUT2D eigenvalue weighted by molar-refractivity contribution is 5.81. The zero-order chi connectivity index (χ0) is 13.8. The summed E-state index contributed by atoms with van der Waals surface area (Å²) < 4.78 is 26.3. The van der Waals surface area contributed by atoms with Crippen LogP contribution in [-0.4, -0.2) is 18.5 Å². The molecule has 0 radical (unpaired) electrons. The second-order valence-electron chi connectivity index (χ2n) is 4.93. The Morgan fingerprint density at radius 2 is 1.95 bits per heavy atom. The molecule has 0 aromatic heterocycles. The van der Waals surface area contributed by atoms with E-state index in [2.05, 4.69) is 10.6 Å². The molecule has 0 aliphatic carbocycles. The molecule has 0 spiro atoms. The summed E-state index contributed by atoms with van der Waals surface area (Å²) in [5.74, 6) is -1.25. The molecule has 2 unspecified atom stereocenters. The van der Waals surface area contributed by atoms with E-state index in [0.717, 1.165) is 25.3 Å². The Bertz CT molecular complexity index is 445. The summed E-state index contributed by atoms with van der Waals surface area (Å²) in [5, 5.41) is 5.96. The summed E-state index contributed by atoms with van der Waals surface area (Å²) >= 11 is 0. The molecule has 1 aliphatic heterocycles. The smallest absolute Gasteiger partial charge is 0.237 e. The highest BCUT2D eigenvalue weighted by atomic mass is 19.1. The van der Waals surface area contributed by atoms with Gasteiger partial charge in [-0.3, -0.25) is 10.1 Å². The molecule has 1 amide bonds. The van der Waals surface area contributed by atoms with Crippen LogP contribution >= 0.6 is 0 Å². The first kappa shape index (κ1) is 13.9. The van der Waals surface area contributed by atoms with Crippen LogP contribution in [0.1, 0.15) is 37.8 Å². The lowest BCUT2D eigenvalue weighted by molar-refractivity contribution is -0.123. The summed E-state index contributed by atoms with van der Waals surface area (Å²) in [6.07, 6.45) is 2.67. The number of hydrogen-bond donors (Lipinski definition) is 2. The lowest BCUT2D eigenvalue weighted by Gasteiger charge is -2.21. The van der Waals surface area contributed by atoms with Crippen molar-refractivity contribution in [2.24, 2.45) is 0 Å². The van der Waals surface area contributed by atoms with E-state index < -0.39 is 11.6 Å². The van der Waals surface area contributed by atoms with E-state index in [1.165, 1.54) is 12.1 Å². The molecule has 1 fully saturated rings. The molecule has 1 aromatic rings. The van der Waals surface area contributed by atoms with E-state index in [9.17, 15) is 13.6 Å². The van der Waals surface area contributed by atoms with Gasteiger partial charge < -0.3 is 5.32 Å². The Kier molecular flexibility index (Phi) is 4.47. The molecule has 0 saturated carbocycles. The van der Waals surface area contributed by atoms with Gasteiger partial charge in [-0.05, 0) is 43.9 Å². The average molecular weight is 268 g/mol. The Balaban J connectivity index is 2.06. The van der Waals surface area contributed by atoms with Gasteiger partial charge in [0.25, 0.3) is 0 Å². The molecule has 5 heteroatoms. The van der Waals surface area contributed by atoms with Gasteiger partial charge in [-0.15, -0.1) is 0 Å². The van der Waals surface area contributed by atoms with Crippen LogP contribution in [0.5, 0.6) is 0 Å². The topological polar surface area (TPSA) is 41.1 Å². The zero-order valence-corrected chi connectivity index (χ0v) is 10.9. The van der Waals surface area contributed by atoms with Gasteiger partial charge in [-0.1, -0.05) is 0 Å². The number of halogens is 2. The van der Waals surface area contributed by atoms with Crippen molar-refractivity contribution in [1.29, 1.82) is 0 Å². The molecule has 0 bridgehead atoms. The maximum Gasteiger partial charge on any atom is 0.237 e. The van der Waals surface area contributed by atoms with Crippen LogP contribution in [0.15, 0.2) is 18.2 Å². The lowest BCUT2D eigenvalue weighted by Crippen LogP contribution is -2.43. The first-order valence-corrected chi connectivity index (χ1v) is 6.56. The average Bonchev–Trinajstić information content (AvgIpc) is 2.54. The van der Waals surface area contributed by atoms with Crippen LogP contribution in [0.3, 0.4) is 0 Å². The number of rotatable bonds is 3. The standard InChI is InChI=1S/C14H18F2N2O/c1-9(10-6-11(15)8-12(16)7-10)18-13-4-2-3-5-17-14(13)19/h6-9,13,18H,2-5H2,1H3,(H,17,19). The molecule has 1 aliphatic rings. The minimum atomic E-state index is -0.603. The van der Waals surface area contributed by atoms with E-state index in [4.69, 9.17) is 0 Å². The first-order valence-electron chi connectivity index (χ1n) is 6.56. The molecule has 2 N–H and O–H groups in total. The molecule has 3 nitrogen and oxygen atoms in total. The van der Waals surface area contributed by atoms with Crippen molar-refractivity contribution in [3.63, 3.8) is 0 Å². The molecule has 1 aromatic carbocycles. The maximum absolute atomic E-state index is 13.2. The van der Waals surface area contributed by atoms with Crippen molar-refractivity contribution in [1.82, 2.24) is 10.6 Å². The number of hydrogen-bond acceptors (Lipinski definition) is 2. The largest absolute Gasteiger partial charge is 0.355 e. The fraction of sp³-hybridized carbons (Fsp3) is 0.500. The van der Waals surface area contributed by atoms with Crippen LogP contribution in [0.2, 0.25) is 0 Å². The molecule has 19 heavy (non-hydrogen) atoms. The highest BCUT2D eigenvalue weighted by Crippen LogP contribution is 2.18. The van der Waals surface area contributed by atoms with Crippen molar-refractivity contribution in [2.75, 3.05) is 6.54 Å². The summed E-state index contributed by atoms with van der Waals surface area (Å²) in [7, 11) is 0. The molecule has 2 rings (SSSR count). The number of benzene rings is 1. The summed E-state index contributed by atoms with van der Waals surface area (Å²) in [6.45, 7) is 2.49. The molecule has 2 atom stereocenters. The monoisotopic (exact) mass is 268 g/mol. The minimum absolute atomic E-state index is 0.0405. The van der Waals surface area contributed by atoms with E-state index in [0.29, 0.717) is 12.1 Å². The number of nitrogens with one attached hydrogen (secondary N) is 2. The molecule has 1 heterocycles. The Morgan fingerprint density at radius 1 is 1.26 bits per heavy atom. The van der Waals surface area contributed by atoms with E-state index >= 15 is 0 Å². The van der Waals surface area contributed by atoms with Crippen LogP contribution in [0, 0.1) is 11.6 Å². The van der Waals surface area contributed by atoms with Gasteiger partial charge in [0.1, 0.15) is 11.6 Å². The molecular weight excluding hydrogens is 250 g/mol. The van der Waals surface area contributed by atoms with Crippen molar-refractivity contribution in [2.45, 2.75) is 38.3 Å². The normalized spacial score (nSPS) is 21.6. The first-order chi connectivity index (χ1) is 9.06. The second kappa shape index (κ2) is 6.10. The van der Waals surface area contributed by atoms with Gasteiger partial charge >= 0.3 is 0 Å². The third kappa shape index (κ3) is 3.73. The predicted molar refractivity (Wildman–Crippen MR) is 68.6 cm³/mol. The van der Waals surface area contributed by atoms with Crippen molar-refractivity contribution in [3.8, 4) is 0 Å². The lowest BCUT2D eigenvalue weighted by atomic mass is 10.0. The Labute approximate surface area is 111 Å². The van der Waals surface area contributed by atoms with Crippen molar-refractivity contribution >= 4 is 5.91 Å². The minimum Gasteiger partial charge on any atom is -0.355 e. The van der Waals surface area contributed by atoms with E-state index in [1.807, 2.05) is 0 Å². The summed E-state index contributed by atoms with van der Waals surface area (Å²) in [4.78, 5) is 11.8. The van der Waals surface area contributed by atoms with Gasteiger partial charge in [0.15, 0.2) is 0 Å².